The number of imidazole rings is 1. The van der Waals surface area contributed by atoms with E-state index < -0.39 is 5.82 Å². The molecule has 0 N–H and O–H groups in total. The maximum absolute atomic E-state index is 13.2. The van der Waals surface area contributed by atoms with Gasteiger partial charge in [-0.3, -0.25) is 4.79 Å². The summed E-state index contributed by atoms with van der Waals surface area (Å²) in [6.45, 7) is 0.165. The summed E-state index contributed by atoms with van der Waals surface area (Å²) in [5.74, 6) is 0.624. The van der Waals surface area contributed by atoms with Crippen LogP contribution in [-0.4, -0.2) is 16.5 Å². The summed E-state index contributed by atoms with van der Waals surface area (Å²) in [5, 5.41) is 0.298. The van der Waals surface area contributed by atoms with Crippen molar-refractivity contribution in [3.8, 4) is 11.5 Å². The number of methoxy groups -OCH3 is 1. The summed E-state index contributed by atoms with van der Waals surface area (Å²) >= 11 is 7.41. The molecule has 5 rings (SSSR count). The molecule has 5 nitrogen and oxygen atoms in total. The largest absolute Gasteiger partial charge is 0.493 e. The number of benzene rings is 3. The summed E-state index contributed by atoms with van der Waals surface area (Å²) in [7, 11) is 1.54. The summed E-state index contributed by atoms with van der Waals surface area (Å²) in [5.41, 5.74) is 2.94. The maximum Gasteiger partial charge on any atom is 0.274 e. The van der Waals surface area contributed by atoms with Crippen molar-refractivity contribution < 1.29 is 13.9 Å². The fourth-order valence-corrected chi connectivity index (χ4v) is 4.66. The average molecular weight is 467 g/mol. The number of hydrogen-bond acceptors (Lipinski definition) is 5. The van der Waals surface area contributed by atoms with Crippen molar-refractivity contribution in [3.63, 3.8) is 0 Å². The lowest BCUT2D eigenvalue weighted by molar-refractivity contribution is 0.284. The molecule has 0 fully saturated rings. The first-order chi connectivity index (χ1) is 15.5. The number of fused-ring (bicyclic) bond motifs is 3. The molecule has 2 heterocycles. The van der Waals surface area contributed by atoms with Crippen LogP contribution in [0.5, 0.6) is 11.5 Å². The smallest absolute Gasteiger partial charge is 0.274 e. The van der Waals surface area contributed by atoms with Crippen molar-refractivity contribution in [2.45, 2.75) is 6.61 Å². The number of hydrogen-bond donors (Lipinski definition) is 0. The van der Waals surface area contributed by atoms with Gasteiger partial charge in [-0.2, -0.15) is 0 Å². The zero-order valence-corrected chi connectivity index (χ0v) is 18.4. The molecule has 3 aromatic carbocycles. The van der Waals surface area contributed by atoms with E-state index in [9.17, 15) is 9.18 Å². The minimum absolute atomic E-state index is 0.107. The monoisotopic (exact) mass is 466 g/mol. The average Bonchev–Trinajstić information content (AvgIpc) is 3.29. The highest BCUT2D eigenvalue weighted by Gasteiger charge is 2.12. The molecule has 32 heavy (non-hydrogen) atoms. The van der Waals surface area contributed by atoms with E-state index in [1.165, 1.54) is 23.5 Å². The predicted octanol–water partition coefficient (Wildman–Crippen LogP) is 4.84. The van der Waals surface area contributed by atoms with E-state index in [1.807, 2.05) is 30.3 Å². The highest BCUT2D eigenvalue weighted by atomic mass is 35.5. The van der Waals surface area contributed by atoms with Gasteiger partial charge in [-0.15, -0.1) is 0 Å². The third-order valence-corrected chi connectivity index (χ3v) is 6.35. The molecule has 0 aliphatic rings. The second-order valence-electron chi connectivity index (χ2n) is 7.07. The molecular formula is C24H16ClFN2O3S. The standard InChI is InChI=1S/C24H16ClFN2O3S/c1-30-21-10-14(6-9-20(21)31-13-15-7-8-16(26)12-17(15)25)11-22-23(29)28-19-5-3-2-4-18(19)27-24(28)32-22/h2-12H,13H2,1H3/b22-11-. The normalized spacial score (nSPS) is 12.0. The van der Waals surface area contributed by atoms with Crippen LogP contribution in [0.1, 0.15) is 11.1 Å². The Morgan fingerprint density at radius 1 is 1.12 bits per heavy atom. The number of nitrogens with zero attached hydrogens (tertiary/aromatic N) is 2. The fourth-order valence-electron chi connectivity index (χ4n) is 3.45. The van der Waals surface area contributed by atoms with Gasteiger partial charge < -0.3 is 9.47 Å². The summed E-state index contributed by atoms with van der Waals surface area (Å²) in [4.78, 5) is 18.1. The van der Waals surface area contributed by atoms with Crippen LogP contribution in [0.3, 0.4) is 0 Å². The zero-order valence-electron chi connectivity index (χ0n) is 16.8. The van der Waals surface area contributed by atoms with E-state index in [1.54, 1.807) is 35.8 Å². The second-order valence-corrected chi connectivity index (χ2v) is 8.49. The van der Waals surface area contributed by atoms with Crippen LogP contribution < -0.4 is 19.6 Å². The lowest BCUT2D eigenvalue weighted by atomic mass is 10.2. The van der Waals surface area contributed by atoms with Gasteiger partial charge in [-0.25, -0.2) is 13.8 Å². The molecule has 0 bridgehead atoms. The Morgan fingerprint density at radius 2 is 1.97 bits per heavy atom. The molecule has 2 aromatic heterocycles. The van der Waals surface area contributed by atoms with Crippen LogP contribution in [-0.2, 0) is 6.61 Å². The topological polar surface area (TPSA) is 52.8 Å². The van der Waals surface area contributed by atoms with Crippen LogP contribution in [0.15, 0.2) is 65.5 Å². The van der Waals surface area contributed by atoms with Gasteiger partial charge in [0.25, 0.3) is 5.56 Å². The van der Waals surface area contributed by atoms with Gasteiger partial charge in [0.05, 0.1) is 27.7 Å². The molecular weight excluding hydrogens is 451 g/mol. The summed E-state index contributed by atoms with van der Waals surface area (Å²) < 4.78 is 26.7. The van der Waals surface area contributed by atoms with Crippen LogP contribution in [0.2, 0.25) is 5.02 Å². The van der Waals surface area contributed by atoms with Crippen LogP contribution in [0.4, 0.5) is 4.39 Å². The van der Waals surface area contributed by atoms with Gasteiger partial charge in [0.1, 0.15) is 12.4 Å². The lowest BCUT2D eigenvalue weighted by Gasteiger charge is -2.12. The van der Waals surface area contributed by atoms with Gasteiger partial charge in [-0.1, -0.05) is 47.2 Å². The van der Waals surface area contributed by atoms with Crippen molar-refractivity contribution >= 4 is 45.0 Å². The number of thiazole rings is 1. The zero-order chi connectivity index (χ0) is 22.2. The number of aromatic nitrogens is 2. The molecule has 0 radical (unpaired) electrons. The molecule has 8 heteroatoms. The quantitative estimate of drug-likeness (QED) is 0.372. The highest BCUT2D eigenvalue weighted by Crippen LogP contribution is 2.30. The Morgan fingerprint density at radius 3 is 2.78 bits per heavy atom. The van der Waals surface area contributed by atoms with Crippen molar-refractivity contribution in [1.82, 2.24) is 9.38 Å². The molecule has 0 saturated carbocycles. The third kappa shape index (κ3) is 3.70. The Labute approximate surface area is 190 Å². The Hall–Kier alpha value is -3.42. The van der Waals surface area contributed by atoms with Crippen molar-refractivity contribution in [2.75, 3.05) is 7.11 Å². The maximum atomic E-state index is 13.2. The predicted molar refractivity (Wildman–Crippen MR) is 124 cm³/mol. The molecule has 0 saturated heterocycles. The molecule has 0 aliphatic carbocycles. The van der Waals surface area contributed by atoms with Gasteiger partial charge in [0, 0.05) is 5.56 Å². The lowest BCUT2D eigenvalue weighted by Crippen LogP contribution is -2.22. The van der Waals surface area contributed by atoms with Crippen LogP contribution in [0, 0.1) is 5.82 Å². The van der Waals surface area contributed by atoms with Crippen molar-refractivity contribution in [2.24, 2.45) is 0 Å². The third-order valence-electron chi connectivity index (χ3n) is 5.03. The van der Waals surface area contributed by atoms with Crippen LogP contribution in [0.25, 0.3) is 22.1 Å². The number of rotatable bonds is 5. The number of para-hydroxylation sites is 2. The Balaban J connectivity index is 1.46. The summed E-state index contributed by atoms with van der Waals surface area (Å²) in [6, 6.07) is 17.1. The van der Waals surface area contributed by atoms with E-state index >= 15 is 0 Å². The fraction of sp³-hybridized carbons (Fsp3) is 0.0833. The minimum Gasteiger partial charge on any atom is -0.493 e. The van der Waals surface area contributed by atoms with E-state index in [4.69, 9.17) is 21.1 Å². The number of ether oxygens (including phenoxy) is 2. The summed E-state index contributed by atoms with van der Waals surface area (Å²) in [6.07, 6.45) is 1.81. The molecule has 0 unspecified atom stereocenters. The first-order valence-corrected chi connectivity index (χ1v) is 10.9. The molecule has 0 atom stereocenters. The molecule has 0 aliphatic heterocycles. The SMILES string of the molecule is COc1cc(/C=c2\sc3nc4ccccc4n3c2=O)ccc1OCc1ccc(F)cc1Cl. The van der Waals surface area contributed by atoms with E-state index in [0.717, 1.165) is 16.6 Å². The minimum atomic E-state index is -0.400. The molecule has 0 amide bonds. The van der Waals surface area contributed by atoms with Crippen LogP contribution >= 0.6 is 22.9 Å². The highest BCUT2D eigenvalue weighted by molar-refractivity contribution is 7.15. The van der Waals surface area contributed by atoms with Gasteiger partial charge in [0.15, 0.2) is 16.5 Å². The van der Waals surface area contributed by atoms with E-state index in [0.29, 0.717) is 31.6 Å². The van der Waals surface area contributed by atoms with E-state index in [2.05, 4.69) is 4.98 Å². The van der Waals surface area contributed by atoms with Gasteiger partial charge in [-0.05, 0) is 48.0 Å². The van der Waals surface area contributed by atoms with Gasteiger partial charge in [0.2, 0.25) is 0 Å². The van der Waals surface area contributed by atoms with Gasteiger partial charge >= 0.3 is 0 Å². The Kier molecular flexibility index (Phi) is 5.28. The Bertz CT molecular complexity index is 1580. The van der Waals surface area contributed by atoms with Crippen molar-refractivity contribution in [3.05, 3.63) is 97.5 Å². The molecule has 0 spiro atoms. The van der Waals surface area contributed by atoms with Crippen molar-refractivity contribution in [1.29, 1.82) is 0 Å². The second kappa shape index (κ2) is 8.26. The molecule has 5 aromatic rings. The van der Waals surface area contributed by atoms with E-state index in [-0.39, 0.29) is 12.2 Å². The first kappa shape index (κ1) is 20.5. The molecule has 160 valence electrons. The number of halogens is 2. The first-order valence-electron chi connectivity index (χ1n) is 9.70.